The minimum absolute atomic E-state index is 0.134. The van der Waals surface area contributed by atoms with Crippen molar-refractivity contribution >= 4 is 48.9 Å². The number of hydrogen-bond donors (Lipinski definition) is 0. The number of halogens is 2. The number of rotatable bonds is 3. The molecule has 0 N–H and O–H groups in total. The molecule has 0 radical (unpaired) electrons. The fourth-order valence-electron chi connectivity index (χ4n) is 3.33. The van der Waals surface area contributed by atoms with Gasteiger partial charge >= 0.3 is 0 Å². The molecule has 2 aromatic carbocycles. The van der Waals surface area contributed by atoms with E-state index in [1.807, 2.05) is 30.3 Å². The minimum Gasteiger partial charge on any atom is -0.339 e. The molecule has 0 amide bonds. The molecule has 1 heterocycles. The Morgan fingerprint density at radius 1 is 1.23 bits per heavy atom. The SMILES string of the molecule is CC(C)CC1CN(c2ccccc2)c2cc(Cl)c(Br)cc2S(=O)(=O)N1C. The van der Waals surface area contributed by atoms with Crippen molar-refractivity contribution in [2.75, 3.05) is 18.5 Å². The lowest BCUT2D eigenvalue weighted by Gasteiger charge is -2.30. The molecule has 1 aliphatic heterocycles. The van der Waals surface area contributed by atoms with Gasteiger partial charge in [0, 0.05) is 29.8 Å². The molecule has 140 valence electrons. The lowest BCUT2D eigenvalue weighted by atomic mass is 10.0. The van der Waals surface area contributed by atoms with Gasteiger partial charge in [0.05, 0.1) is 10.7 Å². The first-order valence-corrected chi connectivity index (χ1v) is 11.1. The molecule has 0 saturated carbocycles. The van der Waals surface area contributed by atoms with Crippen molar-refractivity contribution in [2.45, 2.75) is 31.2 Å². The van der Waals surface area contributed by atoms with Crippen LogP contribution in [0, 0.1) is 5.92 Å². The fourth-order valence-corrected chi connectivity index (χ4v) is 5.54. The molecule has 0 aromatic heterocycles. The van der Waals surface area contributed by atoms with E-state index in [-0.39, 0.29) is 10.9 Å². The van der Waals surface area contributed by atoms with Crippen LogP contribution >= 0.6 is 27.5 Å². The third-order valence-corrected chi connectivity index (χ3v) is 7.80. The van der Waals surface area contributed by atoms with Crippen molar-refractivity contribution < 1.29 is 8.42 Å². The number of likely N-dealkylation sites (N-methyl/N-ethyl adjacent to an activating group) is 1. The lowest BCUT2D eigenvalue weighted by Crippen LogP contribution is -2.41. The summed E-state index contributed by atoms with van der Waals surface area (Å²) >= 11 is 9.69. The molecule has 1 atom stereocenters. The predicted molar refractivity (Wildman–Crippen MR) is 111 cm³/mol. The summed E-state index contributed by atoms with van der Waals surface area (Å²) in [5.74, 6) is 0.381. The van der Waals surface area contributed by atoms with Gasteiger partial charge in [-0.2, -0.15) is 4.31 Å². The van der Waals surface area contributed by atoms with Gasteiger partial charge in [-0.05, 0) is 52.5 Å². The van der Waals surface area contributed by atoms with Crippen LogP contribution in [-0.4, -0.2) is 32.4 Å². The summed E-state index contributed by atoms with van der Waals surface area (Å²) in [5, 5.41) is 0.491. The second kappa shape index (κ2) is 7.50. The molecule has 4 nitrogen and oxygen atoms in total. The van der Waals surface area contributed by atoms with Crippen molar-refractivity contribution in [1.29, 1.82) is 0 Å². The number of sulfonamides is 1. The Morgan fingerprint density at radius 3 is 2.50 bits per heavy atom. The molecule has 7 heteroatoms. The number of benzene rings is 2. The standard InChI is InChI=1S/C19H22BrClN2O2S/c1-13(2)9-15-12-23(14-7-5-4-6-8-14)18-11-17(21)16(20)10-19(18)26(24,25)22(15)3/h4-8,10-11,13,15H,9,12H2,1-3H3. The van der Waals surface area contributed by atoms with Gasteiger partial charge in [-0.3, -0.25) is 0 Å². The van der Waals surface area contributed by atoms with Crippen LogP contribution in [0.15, 0.2) is 51.8 Å². The van der Waals surface area contributed by atoms with Crippen molar-refractivity contribution in [3.63, 3.8) is 0 Å². The van der Waals surface area contributed by atoms with Crippen LogP contribution in [0.3, 0.4) is 0 Å². The zero-order valence-electron chi connectivity index (χ0n) is 15.0. The van der Waals surface area contributed by atoms with Crippen LogP contribution < -0.4 is 4.90 Å². The normalized spacial score (nSPS) is 20.1. The Balaban J connectivity index is 2.25. The first-order chi connectivity index (χ1) is 12.2. The van der Waals surface area contributed by atoms with E-state index in [1.54, 1.807) is 19.2 Å². The van der Waals surface area contributed by atoms with Gasteiger partial charge in [0.1, 0.15) is 4.90 Å². The second-order valence-electron chi connectivity index (χ2n) is 6.98. The summed E-state index contributed by atoms with van der Waals surface area (Å²) in [7, 11) is -1.96. The highest BCUT2D eigenvalue weighted by Crippen LogP contribution is 2.41. The largest absolute Gasteiger partial charge is 0.339 e. The minimum atomic E-state index is -3.63. The van der Waals surface area contributed by atoms with Gasteiger partial charge in [-0.15, -0.1) is 0 Å². The van der Waals surface area contributed by atoms with E-state index in [2.05, 4.69) is 34.7 Å². The van der Waals surface area contributed by atoms with E-state index in [1.165, 1.54) is 4.31 Å². The summed E-state index contributed by atoms with van der Waals surface area (Å²) in [4.78, 5) is 2.33. The molecule has 26 heavy (non-hydrogen) atoms. The third kappa shape index (κ3) is 3.65. The van der Waals surface area contributed by atoms with Crippen molar-refractivity contribution in [3.05, 3.63) is 52.0 Å². The molecular weight excluding hydrogens is 436 g/mol. The number of hydrogen-bond acceptors (Lipinski definition) is 3. The Labute approximate surface area is 168 Å². The van der Waals surface area contributed by atoms with Crippen LogP contribution in [0.25, 0.3) is 0 Å². The first-order valence-electron chi connectivity index (χ1n) is 8.51. The van der Waals surface area contributed by atoms with Gasteiger partial charge in [0.2, 0.25) is 10.0 Å². The summed E-state index contributed by atoms with van der Waals surface area (Å²) < 4.78 is 28.7. The highest BCUT2D eigenvalue weighted by Gasteiger charge is 2.37. The molecule has 2 aromatic rings. The molecular formula is C19H22BrClN2O2S. The monoisotopic (exact) mass is 456 g/mol. The number of nitrogens with zero attached hydrogens (tertiary/aromatic N) is 2. The van der Waals surface area contributed by atoms with Gasteiger partial charge in [-0.1, -0.05) is 43.6 Å². The third-order valence-electron chi connectivity index (χ3n) is 4.67. The molecule has 0 saturated heterocycles. The lowest BCUT2D eigenvalue weighted by molar-refractivity contribution is 0.326. The van der Waals surface area contributed by atoms with Gasteiger partial charge in [-0.25, -0.2) is 8.42 Å². The summed E-state index contributed by atoms with van der Waals surface area (Å²) in [6.07, 6.45) is 0.780. The van der Waals surface area contributed by atoms with Crippen LogP contribution in [0.1, 0.15) is 20.3 Å². The number of anilines is 2. The highest BCUT2D eigenvalue weighted by molar-refractivity contribution is 9.10. The molecule has 0 aliphatic carbocycles. The van der Waals surface area contributed by atoms with Crippen LogP contribution in [0.2, 0.25) is 5.02 Å². The van der Waals surface area contributed by atoms with Gasteiger partial charge < -0.3 is 4.90 Å². The molecule has 3 rings (SSSR count). The zero-order chi connectivity index (χ0) is 19.1. The quantitative estimate of drug-likeness (QED) is 0.629. The molecule has 0 fully saturated rings. The summed E-state index contributed by atoms with van der Waals surface area (Å²) in [6, 6.07) is 13.0. The molecule has 0 spiro atoms. The van der Waals surface area contributed by atoms with Crippen LogP contribution in [0.4, 0.5) is 11.4 Å². The molecule has 0 bridgehead atoms. The van der Waals surface area contributed by atoms with Crippen molar-refractivity contribution in [2.24, 2.45) is 5.92 Å². The van der Waals surface area contributed by atoms with Gasteiger partial charge in [0.15, 0.2) is 0 Å². The highest BCUT2D eigenvalue weighted by atomic mass is 79.9. The average molecular weight is 458 g/mol. The maximum Gasteiger partial charge on any atom is 0.245 e. The predicted octanol–water partition coefficient (Wildman–Crippen LogP) is 5.29. The fraction of sp³-hybridized carbons (Fsp3) is 0.368. The maximum absolute atomic E-state index is 13.3. The van der Waals surface area contributed by atoms with E-state index in [0.717, 1.165) is 12.1 Å². The van der Waals surface area contributed by atoms with Crippen molar-refractivity contribution in [3.8, 4) is 0 Å². The Morgan fingerprint density at radius 2 is 1.88 bits per heavy atom. The van der Waals surface area contributed by atoms with E-state index in [9.17, 15) is 8.42 Å². The van der Waals surface area contributed by atoms with Crippen LogP contribution in [-0.2, 0) is 10.0 Å². The summed E-state index contributed by atoms with van der Waals surface area (Å²) in [5.41, 5.74) is 1.56. The maximum atomic E-state index is 13.3. The molecule has 1 aliphatic rings. The van der Waals surface area contributed by atoms with Crippen LogP contribution in [0.5, 0.6) is 0 Å². The second-order valence-corrected chi connectivity index (χ2v) is 10.2. The first kappa shape index (κ1) is 19.7. The van der Waals surface area contributed by atoms with E-state index < -0.39 is 10.0 Å². The Kier molecular flexibility index (Phi) is 5.68. The number of fused-ring (bicyclic) bond motifs is 1. The van der Waals surface area contributed by atoms with Gasteiger partial charge in [0.25, 0.3) is 0 Å². The van der Waals surface area contributed by atoms with Crippen molar-refractivity contribution in [1.82, 2.24) is 4.31 Å². The number of para-hydroxylation sites is 1. The van der Waals surface area contributed by atoms with E-state index in [4.69, 9.17) is 11.6 Å². The van der Waals surface area contributed by atoms with E-state index >= 15 is 0 Å². The summed E-state index contributed by atoms with van der Waals surface area (Å²) in [6.45, 7) is 4.79. The molecule has 1 unspecified atom stereocenters. The average Bonchev–Trinajstić information content (AvgIpc) is 2.66. The van der Waals surface area contributed by atoms with E-state index in [0.29, 0.717) is 27.6 Å². The Hall–Kier alpha value is -1.08. The zero-order valence-corrected chi connectivity index (χ0v) is 18.1. The smallest absolute Gasteiger partial charge is 0.245 e. The topological polar surface area (TPSA) is 40.6 Å². The Bertz CT molecular complexity index is 903.